The van der Waals surface area contributed by atoms with Gasteiger partial charge in [-0.2, -0.15) is 11.3 Å². The van der Waals surface area contributed by atoms with Crippen molar-refractivity contribution < 1.29 is 9.53 Å². The molecule has 1 amide bonds. The van der Waals surface area contributed by atoms with Crippen molar-refractivity contribution in [3.8, 4) is 0 Å². The molecule has 0 aliphatic carbocycles. The first-order valence-electron chi connectivity index (χ1n) is 7.82. The fourth-order valence-electron chi connectivity index (χ4n) is 3.41. The summed E-state index contributed by atoms with van der Waals surface area (Å²) in [5.41, 5.74) is 3.63. The summed E-state index contributed by atoms with van der Waals surface area (Å²) in [6, 6.07) is 2.18. The molecule has 2 fully saturated rings. The normalized spacial score (nSPS) is 25.3. The summed E-state index contributed by atoms with van der Waals surface area (Å²) in [7, 11) is 0. The van der Waals surface area contributed by atoms with Crippen molar-refractivity contribution in [3.63, 3.8) is 0 Å². The fraction of sp³-hybridized carbons (Fsp3) is 0.500. The molecule has 122 valence electrons. The zero-order valence-corrected chi connectivity index (χ0v) is 14.4. The molecule has 2 saturated heterocycles. The smallest absolute Gasteiger partial charge is 0.273 e. The molecule has 5 nitrogen and oxygen atoms in total. The second-order valence-corrected chi connectivity index (χ2v) is 7.62. The third kappa shape index (κ3) is 3.33. The van der Waals surface area contributed by atoms with Crippen molar-refractivity contribution in [1.82, 2.24) is 14.8 Å². The molecule has 2 aliphatic heterocycles. The number of fused-ring (bicyclic) bond motifs is 1. The highest BCUT2D eigenvalue weighted by Gasteiger charge is 2.37. The van der Waals surface area contributed by atoms with Crippen molar-refractivity contribution in [2.45, 2.75) is 12.6 Å². The number of likely N-dealkylation sites (tertiary alicyclic amines) is 1. The van der Waals surface area contributed by atoms with Gasteiger partial charge in [0.25, 0.3) is 5.91 Å². The van der Waals surface area contributed by atoms with Crippen LogP contribution in [0.2, 0.25) is 0 Å². The van der Waals surface area contributed by atoms with E-state index in [4.69, 9.17) is 4.74 Å². The van der Waals surface area contributed by atoms with E-state index in [0.717, 1.165) is 26.2 Å². The Bertz CT molecular complexity index is 644. The molecule has 2 aromatic heterocycles. The number of carbonyl (C=O) groups excluding carboxylic acids is 1. The lowest BCUT2D eigenvalue weighted by Gasteiger charge is -2.23. The van der Waals surface area contributed by atoms with E-state index in [2.05, 4.69) is 26.7 Å². The Kier molecular flexibility index (Phi) is 4.43. The van der Waals surface area contributed by atoms with Gasteiger partial charge in [-0.1, -0.05) is 0 Å². The summed E-state index contributed by atoms with van der Waals surface area (Å²) in [5.74, 6) is 0.422. The molecule has 2 atom stereocenters. The van der Waals surface area contributed by atoms with E-state index in [-0.39, 0.29) is 12.0 Å². The molecular weight excluding hydrogens is 330 g/mol. The van der Waals surface area contributed by atoms with Gasteiger partial charge >= 0.3 is 0 Å². The number of thiazole rings is 1. The number of hydrogen-bond acceptors (Lipinski definition) is 6. The Morgan fingerprint density at radius 1 is 1.30 bits per heavy atom. The maximum Gasteiger partial charge on any atom is 0.273 e. The van der Waals surface area contributed by atoms with E-state index in [9.17, 15) is 4.79 Å². The van der Waals surface area contributed by atoms with Crippen molar-refractivity contribution in [2.24, 2.45) is 5.92 Å². The van der Waals surface area contributed by atoms with Gasteiger partial charge < -0.3 is 9.64 Å². The van der Waals surface area contributed by atoms with Gasteiger partial charge in [-0.15, -0.1) is 11.3 Å². The second-order valence-electron chi connectivity index (χ2n) is 6.12. The number of nitrogens with zero attached hydrogens (tertiary/aromatic N) is 3. The maximum absolute atomic E-state index is 12.5. The van der Waals surface area contributed by atoms with Crippen LogP contribution in [0.3, 0.4) is 0 Å². The molecule has 0 saturated carbocycles. The summed E-state index contributed by atoms with van der Waals surface area (Å²) >= 11 is 3.20. The molecule has 4 heterocycles. The predicted octanol–water partition coefficient (Wildman–Crippen LogP) is 2.18. The quantitative estimate of drug-likeness (QED) is 0.852. The minimum Gasteiger partial charge on any atom is -0.375 e. The maximum atomic E-state index is 12.5. The first-order valence-corrected chi connectivity index (χ1v) is 9.70. The van der Waals surface area contributed by atoms with Crippen molar-refractivity contribution in [1.29, 1.82) is 0 Å². The van der Waals surface area contributed by atoms with Crippen LogP contribution in [-0.4, -0.2) is 59.6 Å². The molecule has 0 spiro atoms. The zero-order valence-electron chi connectivity index (χ0n) is 12.8. The monoisotopic (exact) mass is 349 g/mol. The van der Waals surface area contributed by atoms with E-state index < -0.39 is 0 Å². The van der Waals surface area contributed by atoms with E-state index in [0.29, 0.717) is 24.8 Å². The summed E-state index contributed by atoms with van der Waals surface area (Å²) < 4.78 is 6.02. The average molecular weight is 349 g/mol. The topological polar surface area (TPSA) is 45.7 Å². The van der Waals surface area contributed by atoms with Crippen molar-refractivity contribution >= 4 is 28.6 Å². The van der Waals surface area contributed by atoms with Crippen LogP contribution in [0.1, 0.15) is 16.1 Å². The highest BCUT2D eigenvalue weighted by atomic mass is 32.1. The van der Waals surface area contributed by atoms with Crippen LogP contribution in [0, 0.1) is 5.92 Å². The van der Waals surface area contributed by atoms with Crippen LogP contribution >= 0.6 is 22.7 Å². The second kappa shape index (κ2) is 6.68. The minimum atomic E-state index is 0.0341. The van der Waals surface area contributed by atoms with Gasteiger partial charge in [0.2, 0.25) is 0 Å². The van der Waals surface area contributed by atoms with Crippen molar-refractivity contribution in [2.75, 3.05) is 32.8 Å². The van der Waals surface area contributed by atoms with Crippen LogP contribution < -0.4 is 0 Å². The fourth-order valence-corrected chi connectivity index (χ4v) is 4.60. The number of rotatable bonds is 3. The Morgan fingerprint density at radius 3 is 3.04 bits per heavy atom. The van der Waals surface area contributed by atoms with Crippen LogP contribution in [0.15, 0.2) is 27.7 Å². The summed E-state index contributed by atoms with van der Waals surface area (Å²) in [5, 5.41) is 6.14. The van der Waals surface area contributed by atoms with Gasteiger partial charge in [-0.05, 0) is 22.4 Å². The molecule has 4 rings (SSSR count). The zero-order chi connectivity index (χ0) is 15.6. The molecule has 2 aliphatic rings. The summed E-state index contributed by atoms with van der Waals surface area (Å²) in [4.78, 5) is 21.0. The van der Waals surface area contributed by atoms with Crippen molar-refractivity contribution in [3.05, 3.63) is 39.0 Å². The Morgan fingerprint density at radius 2 is 2.26 bits per heavy atom. The van der Waals surface area contributed by atoms with E-state index >= 15 is 0 Å². The van der Waals surface area contributed by atoms with Gasteiger partial charge in [0, 0.05) is 44.0 Å². The van der Waals surface area contributed by atoms with Gasteiger partial charge in [-0.25, -0.2) is 4.98 Å². The SMILES string of the molecule is O=C(c1cscn1)N1CCO[C@@H]2CN(Cc3ccsc3)C[C@@H]2C1. The Balaban J connectivity index is 1.41. The van der Waals surface area contributed by atoms with Gasteiger partial charge in [0.05, 0.1) is 18.2 Å². The predicted molar refractivity (Wildman–Crippen MR) is 90.8 cm³/mol. The van der Waals surface area contributed by atoms with E-state index in [1.807, 2.05) is 10.3 Å². The molecule has 7 heteroatoms. The third-order valence-electron chi connectivity index (χ3n) is 4.53. The molecule has 0 radical (unpaired) electrons. The van der Waals surface area contributed by atoms with Crippen LogP contribution in [-0.2, 0) is 11.3 Å². The lowest BCUT2D eigenvalue weighted by atomic mass is 10.1. The number of carbonyl (C=O) groups is 1. The average Bonchev–Trinajstić information content (AvgIpc) is 3.28. The van der Waals surface area contributed by atoms with E-state index in [1.54, 1.807) is 16.8 Å². The highest BCUT2D eigenvalue weighted by molar-refractivity contribution is 7.08. The standard InChI is InChI=1S/C16H19N3O2S2/c20-16(14-10-23-11-17-14)19-2-3-21-15-8-18(6-13(15)7-19)5-12-1-4-22-9-12/h1,4,9-11,13,15H,2-3,5-8H2/t13-,15-/m1/s1. The third-order valence-corrected chi connectivity index (χ3v) is 5.85. The van der Waals surface area contributed by atoms with Crippen LogP contribution in [0.5, 0.6) is 0 Å². The first-order chi connectivity index (χ1) is 11.3. The van der Waals surface area contributed by atoms with Gasteiger partial charge in [0.1, 0.15) is 5.69 Å². The molecular formula is C16H19N3O2S2. The molecule has 0 aromatic carbocycles. The molecule has 0 bridgehead atoms. The largest absolute Gasteiger partial charge is 0.375 e. The molecule has 2 aromatic rings. The van der Waals surface area contributed by atoms with Crippen LogP contribution in [0.25, 0.3) is 0 Å². The molecule has 0 unspecified atom stereocenters. The van der Waals surface area contributed by atoms with E-state index in [1.165, 1.54) is 16.9 Å². The Labute approximate surface area is 143 Å². The van der Waals surface area contributed by atoms with Gasteiger partial charge in [0.15, 0.2) is 0 Å². The summed E-state index contributed by atoms with van der Waals surface area (Å²) in [6.07, 6.45) is 0.238. The highest BCUT2D eigenvalue weighted by Crippen LogP contribution is 2.26. The first kappa shape index (κ1) is 15.3. The number of thiophene rings is 1. The van der Waals surface area contributed by atoms with Crippen LogP contribution in [0.4, 0.5) is 0 Å². The lowest BCUT2D eigenvalue weighted by molar-refractivity contribution is 0.0501. The molecule has 0 N–H and O–H groups in total. The van der Waals surface area contributed by atoms with Gasteiger partial charge in [-0.3, -0.25) is 9.69 Å². The minimum absolute atomic E-state index is 0.0341. The number of hydrogen-bond donors (Lipinski definition) is 0. The Hall–Kier alpha value is -1.28. The number of aromatic nitrogens is 1. The number of amides is 1. The summed E-state index contributed by atoms with van der Waals surface area (Å²) in [6.45, 7) is 4.96. The molecule has 23 heavy (non-hydrogen) atoms. The number of ether oxygens (including phenoxy) is 1. The lowest BCUT2D eigenvalue weighted by Crippen LogP contribution is -2.37.